The van der Waals surface area contributed by atoms with Crippen molar-refractivity contribution in [2.75, 3.05) is 37.0 Å². The van der Waals surface area contributed by atoms with Gasteiger partial charge in [0.1, 0.15) is 16.8 Å². The summed E-state index contributed by atoms with van der Waals surface area (Å²) in [5, 5.41) is 2.07. The summed E-state index contributed by atoms with van der Waals surface area (Å²) in [6.07, 6.45) is 0.431. The van der Waals surface area contributed by atoms with E-state index in [1.807, 2.05) is 0 Å². The van der Waals surface area contributed by atoms with E-state index < -0.39 is 21.2 Å². The van der Waals surface area contributed by atoms with Crippen LogP contribution < -0.4 is 14.4 Å². The van der Waals surface area contributed by atoms with E-state index in [-0.39, 0.29) is 18.0 Å². The standard InChI is InChI=1S/C20H23FN2O5S/c1-13-10-14(4-6-18(13)21)22-20(24)17-11-15(5-7-19(17)27-3)23(2)29(25,26)16-8-9-28-12-16/h4-7,10-11,16H,8-9,12H2,1-3H3,(H,22,24)/t16-/m1/s1. The molecule has 1 aliphatic rings. The molecule has 1 heterocycles. The highest BCUT2D eigenvalue weighted by Crippen LogP contribution is 2.29. The van der Waals surface area contributed by atoms with Crippen molar-refractivity contribution in [1.82, 2.24) is 0 Å². The number of benzene rings is 2. The number of carbonyl (C=O) groups excluding carboxylic acids is 1. The molecule has 3 rings (SSSR count). The predicted molar refractivity (Wildman–Crippen MR) is 109 cm³/mol. The summed E-state index contributed by atoms with van der Waals surface area (Å²) in [5.41, 5.74) is 1.31. The Morgan fingerprint density at radius 1 is 1.28 bits per heavy atom. The molecule has 29 heavy (non-hydrogen) atoms. The minimum Gasteiger partial charge on any atom is -0.496 e. The first kappa shape index (κ1) is 21.1. The van der Waals surface area contributed by atoms with E-state index in [1.54, 1.807) is 13.0 Å². The maximum absolute atomic E-state index is 13.5. The van der Waals surface area contributed by atoms with Crippen LogP contribution in [0.2, 0.25) is 0 Å². The summed E-state index contributed by atoms with van der Waals surface area (Å²) in [6.45, 7) is 2.16. The highest BCUT2D eigenvalue weighted by molar-refractivity contribution is 7.93. The topological polar surface area (TPSA) is 84.9 Å². The molecular weight excluding hydrogens is 399 g/mol. The second kappa shape index (κ2) is 8.38. The molecule has 1 atom stereocenters. The van der Waals surface area contributed by atoms with Crippen LogP contribution in [0.1, 0.15) is 22.3 Å². The van der Waals surface area contributed by atoms with Gasteiger partial charge in [0, 0.05) is 19.3 Å². The van der Waals surface area contributed by atoms with E-state index in [9.17, 15) is 17.6 Å². The van der Waals surface area contributed by atoms with E-state index in [4.69, 9.17) is 9.47 Å². The van der Waals surface area contributed by atoms with E-state index in [1.165, 1.54) is 44.5 Å². The number of hydrogen-bond donors (Lipinski definition) is 1. The molecule has 2 aromatic carbocycles. The number of carbonyl (C=O) groups is 1. The van der Waals surface area contributed by atoms with Crippen molar-refractivity contribution in [3.05, 3.63) is 53.3 Å². The number of rotatable bonds is 6. The molecule has 2 aromatic rings. The van der Waals surface area contributed by atoms with E-state index in [0.717, 1.165) is 4.31 Å². The number of hydrogen-bond acceptors (Lipinski definition) is 5. The molecule has 0 saturated carbocycles. The van der Waals surface area contributed by atoms with Crippen molar-refractivity contribution in [3.63, 3.8) is 0 Å². The SMILES string of the molecule is COc1ccc(N(C)S(=O)(=O)[C@@H]2CCOC2)cc1C(=O)Nc1ccc(F)c(C)c1. The lowest BCUT2D eigenvalue weighted by Gasteiger charge is -2.23. The summed E-state index contributed by atoms with van der Waals surface area (Å²) in [7, 11) is -0.763. The average Bonchev–Trinajstić information content (AvgIpc) is 3.25. The Morgan fingerprint density at radius 2 is 2.03 bits per heavy atom. The Hall–Kier alpha value is -2.65. The molecular formula is C20H23FN2O5S. The van der Waals surface area contributed by atoms with Crippen molar-refractivity contribution < 1.29 is 27.1 Å². The van der Waals surface area contributed by atoms with Crippen molar-refractivity contribution in [2.45, 2.75) is 18.6 Å². The molecule has 1 fully saturated rings. The first-order valence-corrected chi connectivity index (χ1v) is 10.6. The Morgan fingerprint density at radius 3 is 2.66 bits per heavy atom. The molecule has 1 amide bonds. The van der Waals surface area contributed by atoms with Gasteiger partial charge in [-0.2, -0.15) is 0 Å². The van der Waals surface area contributed by atoms with Crippen LogP contribution in [0.3, 0.4) is 0 Å². The molecule has 9 heteroatoms. The maximum Gasteiger partial charge on any atom is 0.259 e. The Kier molecular flexibility index (Phi) is 6.09. The quantitative estimate of drug-likeness (QED) is 0.774. The van der Waals surface area contributed by atoms with Gasteiger partial charge in [-0.1, -0.05) is 0 Å². The minimum atomic E-state index is -3.63. The molecule has 1 saturated heterocycles. The Bertz CT molecular complexity index is 1020. The van der Waals surface area contributed by atoms with Crippen LogP contribution in [-0.2, 0) is 14.8 Å². The van der Waals surface area contributed by atoms with Gasteiger partial charge in [-0.25, -0.2) is 12.8 Å². The fourth-order valence-electron chi connectivity index (χ4n) is 3.11. The zero-order chi connectivity index (χ0) is 21.2. The second-order valence-electron chi connectivity index (χ2n) is 6.80. The van der Waals surface area contributed by atoms with Crippen LogP contribution in [0.25, 0.3) is 0 Å². The zero-order valence-corrected chi connectivity index (χ0v) is 17.3. The third kappa shape index (κ3) is 4.35. The molecule has 0 bridgehead atoms. The number of halogens is 1. The number of ether oxygens (including phenoxy) is 2. The first-order chi connectivity index (χ1) is 13.7. The smallest absolute Gasteiger partial charge is 0.259 e. The number of amides is 1. The van der Waals surface area contributed by atoms with Crippen molar-refractivity contribution >= 4 is 27.3 Å². The predicted octanol–water partition coefficient (Wildman–Crippen LogP) is 2.95. The minimum absolute atomic E-state index is 0.153. The molecule has 1 aliphatic heterocycles. The lowest BCUT2D eigenvalue weighted by Crippen LogP contribution is -2.36. The van der Waals surface area contributed by atoms with E-state index >= 15 is 0 Å². The number of methoxy groups -OCH3 is 1. The monoisotopic (exact) mass is 422 g/mol. The lowest BCUT2D eigenvalue weighted by molar-refractivity contribution is 0.102. The summed E-state index contributed by atoms with van der Waals surface area (Å²) in [5.74, 6) is -0.574. The summed E-state index contributed by atoms with van der Waals surface area (Å²) in [6, 6.07) is 8.80. The third-order valence-corrected chi connectivity index (χ3v) is 7.09. The number of nitrogens with zero attached hydrogens (tertiary/aromatic N) is 1. The lowest BCUT2D eigenvalue weighted by atomic mass is 10.1. The van der Waals surface area contributed by atoms with Gasteiger partial charge in [-0.05, 0) is 55.3 Å². The van der Waals surface area contributed by atoms with Crippen LogP contribution in [0.5, 0.6) is 5.75 Å². The van der Waals surface area contributed by atoms with Gasteiger partial charge in [-0.3, -0.25) is 9.10 Å². The van der Waals surface area contributed by atoms with Crippen LogP contribution in [0.15, 0.2) is 36.4 Å². The number of aryl methyl sites for hydroxylation is 1. The van der Waals surface area contributed by atoms with Gasteiger partial charge in [0.25, 0.3) is 5.91 Å². The molecule has 1 N–H and O–H groups in total. The third-order valence-electron chi connectivity index (χ3n) is 4.90. The largest absolute Gasteiger partial charge is 0.496 e. The fraction of sp³-hybridized carbons (Fsp3) is 0.350. The summed E-state index contributed by atoms with van der Waals surface area (Å²) in [4.78, 5) is 12.8. The van der Waals surface area contributed by atoms with E-state index in [2.05, 4.69) is 5.32 Å². The Balaban J connectivity index is 1.90. The van der Waals surface area contributed by atoms with Crippen LogP contribution in [0, 0.1) is 12.7 Å². The van der Waals surface area contributed by atoms with Crippen molar-refractivity contribution in [1.29, 1.82) is 0 Å². The van der Waals surface area contributed by atoms with Gasteiger partial charge in [0.15, 0.2) is 0 Å². The molecule has 7 nitrogen and oxygen atoms in total. The number of nitrogens with one attached hydrogen (secondary N) is 1. The normalized spacial score (nSPS) is 16.5. The highest BCUT2D eigenvalue weighted by atomic mass is 32.2. The summed E-state index contributed by atoms with van der Waals surface area (Å²) >= 11 is 0. The fourth-order valence-corrected chi connectivity index (χ4v) is 4.63. The highest BCUT2D eigenvalue weighted by Gasteiger charge is 2.33. The van der Waals surface area contributed by atoms with Crippen molar-refractivity contribution in [3.8, 4) is 5.75 Å². The van der Waals surface area contributed by atoms with Crippen LogP contribution >= 0.6 is 0 Å². The molecule has 156 valence electrons. The Labute approximate surface area is 169 Å². The first-order valence-electron chi connectivity index (χ1n) is 9.05. The molecule has 0 aromatic heterocycles. The van der Waals surface area contributed by atoms with Gasteiger partial charge >= 0.3 is 0 Å². The number of anilines is 2. The van der Waals surface area contributed by atoms with Crippen LogP contribution in [-0.4, -0.2) is 46.9 Å². The molecule has 0 spiro atoms. The average molecular weight is 422 g/mol. The van der Waals surface area contributed by atoms with Crippen LogP contribution in [0.4, 0.5) is 15.8 Å². The van der Waals surface area contributed by atoms with Gasteiger partial charge in [-0.15, -0.1) is 0 Å². The van der Waals surface area contributed by atoms with Gasteiger partial charge in [0.05, 0.1) is 25.0 Å². The molecule has 0 radical (unpaired) electrons. The van der Waals surface area contributed by atoms with E-state index in [0.29, 0.717) is 35.7 Å². The molecule has 0 unspecified atom stereocenters. The molecule has 0 aliphatic carbocycles. The van der Waals surface area contributed by atoms with Gasteiger partial charge < -0.3 is 14.8 Å². The zero-order valence-electron chi connectivity index (χ0n) is 16.4. The number of sulfonamides is 1. The second-order valence-corrected chi connectivity index (χ2v) is 9.05. The van der Waals surface area contributed by atoms with Gasteiger partial charge in [0.2, 0.25) is 10.0 Å². The van der Waals surface area contributed by atoms with Crippen molar-refractivity contribution in [2.24, 2.45) is 0 Å². The maximum atomic E-state index is 13.5. The summed E-state index contributed by atoms with van der Waals surface area (Å²) < 4.78 is 50.7.